The molecule has 0 saturated carbocycles. The lowest BCUT2D eigenvalue weighted by Gasteiger charge is -2.39. The molecule has 7 nitrogen and oxygen atoms in total. The van der Waals surface area contributed by atoms with Crippen LogP contribution in [0.4, 0.5) is 5.82 Å². The summed E-state index contributed by atoms with van der Waals surface area (Å²) in [4.78, 5) is 26.5. The molecule has 1 amide bonds. The van der Waals surface area contributed by atoms with Gasteiger partial charge in [-0.15, -0.1) is 0 Å². The number of amides is 1. The highest BCUT2D eigenvalue weighted by atomic mass is 16.2. The van der Waals surface area contributed by atoms with Crippen LogP contribution in [0.5, 0.6) is 0 Å². The van der Waals surface area contributed by atoms with Crippen molar-refractivity contribution in [2.75, 3.05) is 31.1 Å². The lowest BCUT2D eigenvalue weighted by atomic mass is 9.89. The van der Waals surface area contributed by atoms with Gasteiger partial charge < -0.3 is 9.80 Å². The molecule has 2 aliphatic heterocycles. The van der Waals surface area contributed by atoms with E-state index in [1.165, 1.54) is 6.42 Å². The number of carbonyl (C=O) groups excluding carboxylic acids is 1. The monoisotopic (exact) mass is 396 g/mol. The highest BCUT2D eigenvalue weighted by Gasteiger charge is 2.33. The molecule has 156 valence electrons. The lowest BCUT2D eigenvalue weighted by Crippen LogP contribution is -2.49. The summed E-state index contributed by atoms with van der Waals surface area (Å²) in [5.74, 6) is 3.20. The maximum Gasteiger partial charge on any atom is 0.227 e. The highest BCUT2D eigenvalue weighted by molar-refractivity contribution is 5.80. The molecule has 0 aliphatic carbocycles. The molecule has 0 bridgehead atoms. The zero-order valence-electron chi connectivity index (χ0n) is 18.0. The van der Waals surface area contributed by atoms with E-state index >= 15 is 0 Å². The fourth-order valence-electron chi connectivity index (χ4n) is 4.97. The SMILES string of the molecule is Cc1cc(C)n(-c2cc(N3CCCC(C(=O)N4CC(C)CC(C)C4)C3)ncn2)n1. The largest absolute Gasteiger partial charge is 0.356 e. The molecule has 2 aromatic heterocycles. The smallest absolute Gasteiger partial charge is 0.227 e. The zero-order valence-corrected chi connectivity index (χ0v) is 18.0. The second-order valence-electron chi connectivity index (χ2n) is 9.05. The molecule has 2 aromatic rings. The van der Waals surface area contributed by atoms with Gasteiger partial charge in [-0.1, -0.05) is 13.8 Å². The molecule has 0 spiro atoms. The van der Waals surface area contributed by atoms with E-state index in [9.17, 15) is 4.79 Å². The quantitative estimate of drug-likeness (QED) is 0.798. The van der Waals surface area contributed by atoms with Crippen LogP contribution in [0, 0.1) is 31.6 Å². The highest BCUT2D eigenvalue weighted by Crippen LogP contribution is 2.27. The van der Waals surface area contributed by atoms with Gasteiger partial charge >= 0.3 is 0 Å². The second kappa shape index (κ2) is 8.13. The van der Waals surface area contributed by atoms with Crippen LogP contribution in [0.25, 0.3) is 5.82 Å². The van der Waals surface area contributed by atoms with E-state index in [2.05, 4.69) is 38.7 Å². The lowest BCUT2D eigenvalue weighted by molar-refractivity contribution is -0.138. The molecule has 4 heterocycles. The van der Waals surface area contributed by atoms with E-state index < -0.39 is 0 Å². The minimum atomic E-state index is 0.0494. The van der Waals surface area contributed by atoms with E-state index in [1.807, 2.05) is 30.7 Å². The minimum Gasteiger partial charge on any atom is -0.356 e. The molecule has 3 atom stereocenters. The summed E-state index contributed by atoms with van der Waals surface area (Å²) in [5, 5.41) is 4.53. The van der Waals surface area contributed by atoms with E-state index in [0.717, 1.165) is 62.0 Å². The molecular formula is C22H32N6O. The molecule has 4 rings (SSSR count). The van der Waals surface area contributed by atoms with Crippen molar-refractivity contribution in [2.45, 2.75) is 47.0 Å². The summed E-state index contributed by atoms with van der Waals surface area (Å²) in [6.45, 7) is 12.0. The summed E-state index contributed by atoms with van der Waals surface area (Å²) in [6, 6.07) is 4.02. The summed E-state index contributed by atoms with van der Waals surface area (Å²) >= 11 is 0. The number of carbonyl (C=O) groups is 1. The van der Waals surface area contributed by atoms with Crippen molar-refractivity contribution < 1.29 is 4.79 Å². The third-order valence-electron chi connectivity index (χ3n) is 6.14. The third-order valence-corrected chi connectivity index (χ3v) is 6.14. The number of hydrogen-bond acceptors (Lipinski definition) is 5. The van der Waals surface area contributed by atoms with Gasteiger partial charge in [-0.25, -0.2) is 14.6 Å². The first-order valence-corrected chi connectivity index (χ1v) is 10.8. The Labute approximate surface area is 173 Å². The minimum absolute atomic E-state index is 0.0494. The zero-order chi connectivity index (χ0) is 20.5. The van der Waals surface area contributed by atoms with Crippen molar-refractivity contribution in [2.24, 2.45) is 17.8 Å². The summed E-state index contributed by atoms with van der Waals surface area (Å²) in [5.41, 5.74) is 2.02. The van der Waals surface area contributed by atoms with Crippen LogP contribution in [-0.2, 0) is 4.79 Å². The number of aryl methyl sites for hydroxylation is 2. The molecule has 29 heavy (non-hydrogen) atoms. The molecule has 0 N–H and O–H groups in total. The Morgan fingerprint density at radius 3 is 2.45 bits per heavy atom. The fraction of sp³-hybridized carbons (Fsp3) is 0.636. The van der Waals surface area contributed by atoms with Crippen LogP contribution in [-0.4, -0.2) is 56.7 Å². The third kappa shape index (κ3) is 4.28. The fourth-order valence-corrected chi connectivity index (χ4v) is 4.97. The number of hydrogen-bond donors (Lipinski definition) is 0. The molecule has 2 fully saturated rings. The normalized spacial score (nSPS) is 25.3. The van der Waals surface area contributed by atoms with Gasteiger partial charge in [0.15, 0.2) is 5.82 Å². The van der Waals surface area contributed by atoms with Crippen molar-refractivity contribution >= 4 is 11.7 Å². The molecule has 0 radical (unpaired) electrons. The Bertz CT molecular complexity index is 868. The first-order valence-electron chi connectivity index (χ1n) is 10.8. The summed E-state index contributed by atoms with van der Waals surface area (Å²) in [7, 11) is 0. The van der Waals surface area contributed by atoms with E-state index in [4.69, 9.17) is 0 Å². The first-order chi connectivity index (χ1) is 13.9. The Hall–Kier alpha value is -2.44. The van der Waals surface area contributed by atoms with Crippen LogP contribution < -0.4 is 4.90 Å². The Kier molecular flexibility index (Phi) is 5.56. The second-order valence-corrected chi connectivity index (χ2v) is 9.05. The molecule has 3 unspecified atom stereocenters. The van der Waals surface area contributed by atoms with Gasteiger partial charge in [0.25, 0.3) is 0 Å². The van der Waals surface area contributed by atoms with E-state index in [0.29, 0.717) is 17.7 Å². The topological polar surface area (TPSA) is 67.2 Å². The van der Waals surface area contributed by atoms with Gasteiger partial charge in [-0.2, -0.15) is 5.10 Å². The molecule has 0 aromatic carbocycles. The van der Waals surface area contributed by atoms with Crippen LogP contribution in [0.3, 0.4) is 0 Å². The number of nitrogens with zero attached hydrogens (tertiary/aromatic N) is 6. The Balaban J connectivity index is 1.49. The van der Waals surface area contributed by atoms with Crippen LogP contribution in [0.1, 0.15) is 44.5 Å². The van der Waals surface area contributed by atoms with Crippen LogP contribution >= 0.6 is 0 Å². The molecule has 7 heteroatoms. The standard InChI is InChI=1S/C22H32N6O/c1-15-8-16(2)12-27(11-15)22(29)19-6-5-7-26(13-19)20-10-21(24-14-23-20)28-18(4)9-17(3)25-28/h9-10,14-16,19H,5-8,11-13H2,1-4H3. The summed E-state index contributed by atoms with van der Waals surface area (Å²) < 4.78 is 1.85. The Morgan fingerprint density at radius 1 is 1.03 bits per heavy atom. The van der Waals surface area contributed by atoms with Crippen molar-refractivity contribution in [1.29, 1.82) is 0 Å². The van der Waals surface area contributed by atoms with Crippen molar-refractivity contribution in [3.05, 3.63) is 29.8 Å². The number of likely N-dealkylation sites (tertiary alicyclic amines) is 1. The van der Waals surface area contributed by atoms with Crippen LogP contribution in [0.2, 0.25) is 0 Å². The van der Waals surface area contributed by atoms with E-state index in [-0.39, 0.29) is 5.92 Å². The van der Waals surface area contributed by atoms with Gasteiger partial charge in [-0.05, 0) is 51.0 Å². The van der Waals surface area contributed by atoms with Crippen molar-refractivity contribution in [1.82, 2.24) is 24.6 Å². The number of piperidine rings is 2. The Morgan fingerprint density at radius 2 is 1.76 bits per heavy atom. The van der Waals surface area contributed by atoms with Gasteiger partial charge in [-0.3, -0.25) is 4.79 Å². The van der Waals surface area contributed by atoms with Crippen molar-refractivity contribution in [3.63, 3.8) is 0 Å². The van der Waals surface area contributed by atoms with Crippen molar-refractivity contribution in [3.8, 4) is 5.82 Å². The van der Waals surface area contributed by atoms with Crippen LogP contribution in [0.15, 0.2) is 18.5 Å². The average molecular weight is 397 g/mol. The van der Waals surface area contributed by atoms with Gasteiger partial charge in [0.1, 0.15) is 12.1 Å². The number of anilines is 1. The average Bonchev–Trinajstić information content (AvgIpc) is 3.05. The first kappa shape index (κ1) is 19.9. The maximum absolute atomic E-state index is 13.2. The summed E-state index contributed by atoms with van der Waals surface area (Å²) in [6.07, 6.45) is 4.79. The van der Waals surface area contributed by atoms with Gasteiger partial charge in [0.2, 0.25) is 5.91 Å². The predicted octanol–water partition coefficient (Wildman–Crippen LogP) is 3.00. The van der Waals surface area contributed by atoms with Gasteiger partial charge in [0, 0.05) is 37.9 Å². The molecule has 2 saturated heterocycles. The van der Waals surface area contributed by atoms with Gasteiger partial charge in [0.05, 0.1) is 11.6 Å². The predicted molar refractivity (Wildman–Crippen MR) is 113 cm³/mol. The number of aromatic nitrogens is 4. The maximum atomic E-state index is 13.2. The number of rotatable bonds is 3. The molecular weight excluding hydrogens is 364 g/mol. The molecule has 2 aliphatic rings. The van der Waals surface area contributed by atoms with E-state index in [1.54, 1.807) is 6.33 Å².